The van der Waals surface area contributed by atoms with Gasteiger partial charge in [-0.3, -0.25) is 0 Å². The normalized spacial score (nSPS) is 16.7. The Balaban J connectivity index is 2.26. The third kappa shape index (κ3) is 4.37. The van der Waals surface area contributed by atoms with Gasteiger partial charge in [0, 0.05) is 17.4 Å². The molecule has 0 spiro atoms. The van der Waals surface area contributed by atoms with Gasteiger partial charge in [0.1, 0.15) is 6.61 Å². The standard InChI is InChI=1S/C20H29N3O5/c1-7-15-17(19(25)27-8-2)16(22-20(26)21-15)10-28-18(24)14-9-12(5)23(11(3)4)13(14)6/h9,11,15H,7-8,10H2,1-6H3,(H2,21,22,26)/t15-/m1/s1. The molecule has 8 heteroatoms. The molecule has 2 heterocycles. The molecular weight excluding hydrogens is 362 g/mol. The lowest BCUT2D eigenvalue weighted by Gasteiger charge is -2.28. The number of ether oxygens (including phenoxy) is 2. The van der Waals surface area contributed by atoms with Crippen molar-refractivity contribution in [2.45, 2.75) is 60.0 Å². The molecule has 0 unspecified atom stereocenters. The summed E-state index contributed by atoms with van der Waals surface area (Å²) in [7, 11) is 0. The quantitative estimate of drug-likeness (QED) is 0.697. The van der Waals surface area contributed by atoms with Crippen molar-refractivity contribution in [3.63, 3.8) is 0 Å². The first kappa shape index (κ1) is 21.5. The van der Waals surface area contributed by atoms with E-state index in [-0.39, 0.29) is 30.5 Å². The maximum Gasteiger partial charge on any atom is 0.340 e. The first-order valence-corrected chi connectivity index (χ1v) is 9.54. The van der Waals surface area contributed by atoms with Crippen molar-refractivity contribution >= 4 is 18.0 Å². The average molecular weight is 391 g/mol. The van der Waals surface area contributed by atoms with Crippen LogP contribution >= 0.6 is 0 Å². The van der Waals surface area contributed by atoms with Gasteiger partial charge in [-0.1, -0.05) is 6.92 Å². The molecule has 28 heavy (non-hydrogen) atoms. The molecule has 1 aromatic rings. The SMILES string of the molecule is CCOC(=O)C1=C(COC(=O)c2cc(C)n(C(C)C)c2C)NC(=O)N[C@@H]1CC. The predicted octanol–water partition coefficient (Wildman–Crippen LogP) is 2.75. The van der Waals surface area contributed by atoms with Gasteiger partial charge in [0.2, 0.25) is 0 Å². The molecule has 1 aromatic heterocycles. The number of amides is 2. The largest absolute Gasteiger partial charge is 0.463 e. The molecule has 2 rings (SSSR count). The van der Waals surface area contributed by atoms with Crippen molar-refractivity contribution in [3.05, 3.63) is 34.3 Å². The van der Waals surface area contributed by atoms with E-state index in [1.54, 1.807) is 13.0 Å². The monoisotopic (exact) mass is 391 g/mol. The Labute approximate surface area is 165 Å². The molecule has 0 radical (unpaired) electrons. The maximum absolute atomic E-state index is 12.6. The Kier molecular flexibility index (Phi) is 6.88. The van der Waals surface area contributed by atoms with E-state index in [2.05, 4.69) is 15.2 Å². The second-order valence-electron chi connectivity index (χ2n) is 7.00. The fourth-order valence-corrected chi connectivity index (χ4v) is 3.57. The molecule has 2 amide bonds. The number of carbonyl (C=O) groups is 3. The lowest BCUT2D eigenvalue weighted by Crippen LogP contribution is -2.51. The molecule has 0 saturated heterocycles. The molecule has 0 aliphatic carbocycles. The van der Waals surface area contributed by atoms with Crippen molar-refractivity contribution in [1.29, 1.82) is 0 Å². The highest BCUT2D eigenvalue weighted by molar-refractivity contribution is 5.95. The van der Waals surface area contributed by atoms with Crippen LogP contribution in [0.3, 0.4) is 0 Å². The number of nitrogens with one attached hydrogen (secondary N) is 2. The number of hydrogen-bond donors (Lipinski definition) is 2. The van der Waals surface area contributed by atoms with Gasteiger partial charge in [0.15, 0.2) is 0 Å². The Morgan fingerprint density at radius 1 is 1.18 bits per heavy atom. The molecule has 0 fully saturated rings. The second kappa shape index (κ2) is 8.95. The topological polar surface area (TPSA) is 98.7 Å². The van der Waals surface area contributed by atoms with Crippen LogP contribution in [0.1, 0.15) is 61.9 Å². The van der Waals surface area contributed by atoms with E-state index in [9.17, 15) is 14.4 Å². The third-order valence-corrected chi connectivity index (χ3v) is 4.72. The van der Waals surface area contributed by atoms with Crippen LogP contribution in [0, 0.1) is 13.8 Å². The lowest BCUT2D eigenvalue weighted by molar-refractivity contribution is -0.139. The molecule has 1 aliphatic rings. The van der Waals surface area contributed by atoms with Gasteiger partial charge < -0.3 is 24.7 Å². The third-order valence-electron chi connectivity index (χ3n) is 4.72. The molecule has 2 N–H and O–H groups in total. The zero-order chi connectivity index (χ0) is 21.0. The van der Waals surface area contributed by atoms with E-state index in [1.165, 1.54) is 0 Å². The van der Waals surface area contributed by atoms with E-state index in [0.717, 1.165) is 11.4 Å². The van der Waals surface area contributed by atoms with E-state index in [4.69, 9.17) is 9.47 Å². The van der Waals surface area contributed by atoms with Crippen molar-refractivity contribution in [1.82, 2.24) is 15.2 Å². The van der Waals surface area contributed by atoms with Gasteiger partial charge in [-0.05, 0) is 47.1 Å². The van der Waals surface area contributed by atoms with Gasteiger partial charge in [-0.2, -0.15) is 0 Å². The van der Waals surface area contributed by atoms with E-state index in [1.807, 2.05) is 34.6 Å². The van der Waals surface area contributed by atoms with Gasteiger partial charge in [0.25, 0.3) is 0 Å². The Morgan fingerprint density at radius 2 is 1.86 bits per heavy atom. The highest BCUT2D eigenvalue weighted by atomic mass is 16.5. The molecule has 8 nitrogen and oxygen atoms in total. The number of esters is 2. The Bertz CT molecular complexity index is 807. The summed E-state index contributed by atoms with van der Waals surface area (Å²) >= 11 is 0. The second-order valence-corrected chi connectivity index (χ2v) is 7.00. The minimum atomic E-state index is -0.536. The average Bonchev–Trinajstić information content (AvgIpc) is 2.93. The summed E-state index contributed by atoms with van der Waals surface area (Å²) in [5.41, 5.74) is 2.78. The van der Waals surface area contributed by atoms with Crippen molar-refractivity contribution < 1.29 is 23.9 Å². The van der Waals surface area contributed by atoms with Gasteiger partial charge in [0.05, 0.1) is 29.5 Å². The van der Waals surface area contributed by atoms with E-state index >= 15 is 0 Å². The first-order chi connectivity index (χ1) is 13.2. The van der Waals surface area contributed by atoms with Gasteiger partial charge in [-0.25, -0.2) is 14.4 Å². The summed E-state index contributed by atoms with van der Waals surface area (Å²) in [6.45, 7) is 11.4. The number of aryl methyl sites for hydroxylation is 1. The number of aromatic nitrogens is 1. The molecule has 0 bridgehead atoms. The Morgan fingerprint density at radius 3 is 2.39 bits per heavy atom. The van der Waals surface area contributed by atoms with Crippen LogP contribution in [0.25, 0.3) is 0 Å². The van der Waals surface area contributed by atoms with Gasteiger partial charge >= 0.3 is 18.0 Å². The summed E-state index contributed by atoms with van der Waals surface area (Å²) in [5.74, 6) is -1.04. The predicted molar refractivity (Wildman–Crippen MR) is 104 cm³/mol. The highest BCUT2D eigenvalue weighted by Gasteiger charge is 2.32. The fourth-order valence-electron chi connectivity index (χ4n) is 3.57. The lowest BCUT2D eigenvalue weighted by atomic mass is 10.0. The minimum Gasteiger partial charge on any atom is -0.463 e. The molecular formula is C20H29N3O5. The summed E-state index contributed by atoms with van der Waals surface area (Å²) in [5, 5.41) is 5.26. The molecule has 1 atom stereocenters. The zero-order valence-electron chi connectivity index (χ0n) is 17.3. The molecule has 0 saturated carbocycles. The zero-order valence-corrected chi connectivity index (χ0v) is 17.3. The summed E-state index contributed by atoms with van der Waals surface area (Å²) in [6.07, 6.45) is 0.508. The van der Waals surface area contributed by atoms with Crippen LogP contribution in [-0.4, -0.2) is 41.8 Å². The highest BCUT2D eigenvalue weighted by Crippen LogP contribution is 2.22. The van der Waals surface area contributed by atoms with E-state index in [0.29, 0.717) is 12.0 Å². The number of rotatable bonds is 7. The summed E-state index contributed by atoms with van der Waals surface area (Å²) in [6, 6.07) is 1.07. The van der Waals surface area contributed by atoms with Gasteiger partial charge in [-0.15, -0.1) is 0 Å². The fraction of sp³-hybridized carbons (Fsp3) is 0.550. The Hall–Kier alpha value is -2.77. The molecule has 0 aromatic carbocycles. The minimum absolute atomic E-state index is 0.209. The van der Waals surface area contributed by atoms with Crippen molar-refractivity contribution in [2.24, 2.45) is 0 Å². The molecule has 1 aliphatic heterocycles. The smallest absolute Gasteiger partial charge is 0.340 e. The number of carbonyl (C=O) groups excluding carboxylic acids is 3. The van der Waals surface area contributed by atoms with Crippen LogP contribution < -0.4 is 10.6 Å². The number of urea groups is 1. The summed E-state index contributed by atoms with van der Waals surface area (Å²) in [4.78, 5) is 36.9. The van der Waals surface area contributed by atoms with Crippen LogP contribution in [0.4, 0.5) is 4.79 Å². The van der Waals surface area contributed by atoms with Crippen LogP contribution in [0.5, 0.6) is 0 Å². The van der Waals surface area contributed by atoms with Crippen LogP contribution in [0.2, 0.25) is 0 Å². The summed E-state index contributed by atoms with van der Waals surface area (Å²) < 4.78 is 12.6. The van der Waals surface area contributed by atoms with E-state index < -0.39 is 24.0 Å². The van der Waals surface area contributed by atoms with Crippen molar-refractivity contribution in [2.75, 3.05) is 13.2 Å². The molecule has 154 valence electrons. The number of hydrogen-bond acceptors (Lipinski definition) is 5. The maximum atomic E-state index is 12.6. The number of nitrogens with zero attached hydrogens (tertiary/aromatic N) is 1. The first-order valence-electron chi connectivity index (χ1n) is 9.54. The van der Waals surface area contributed by atoms with Crippen molar-refractivity contribution in [3.8, 4) is 0 Å². The van der Waals surface area contributed by atoms with Crippen LogP contribution in [0.15, 0.2) is 17.3 Å². The van der Waals surface area contributed by atoms with Crippen LogP contribution in [-0.2, 0) is 14.3 Å².